The van der Waals surface area contributed by atoms with E-state index < -0.39 is 10.0 Å². The van der Waals surface area contributed by atoms with E-state index in [-0.39, 0.29) is 11.7 Å². The molecule has 0 bridgehead atoms. The summed E-state index contributed by atoms with van der Waals surface area (Å²) in [6.07, 6.45) is 1.25. The standard InChI is InChI=1S/C20H31N3O3S/c1-17-12-18(2)14-21(13-17)15-20(24)22-8-10-23(11-9-22)27(25,26)16-19-6-4-3-5-7-19/h3-7,17-18H,8-16H2,1-2H3/p+1/t17-,18-/m0/s1. The summed E-state index contributed by atoms with van der Waals surface area (Å²) in [6.45, 7) is 8.93. The molecule has 1 amide bonds. The quantitative estimate of drug-likeness (QED) is 0.777. The molecule has 2 atom stereocenters. The SMILES string of the molecule is C[C@H]1C[C@H](C)C[NH+](CC(=O)N2CCN(S(=O)(=O)Cc3ccccc3)CC2)C1. The molecular formula is C20H32N3O3S+. The van der Waals surface area contributed by atoms with Crippen LogP contribution in [0.5, 0.6) is 0 Å². The smallest absolute Gasteiger partial charge is 0.277 e. The molecule has 6 nitrogen and oxygen atoms in total. The van der Waals surface area contributed by atoms with Crippen molar-refractivity contribution < 1.29 is 18.1 Å². The zero-order valence-electron chi connectivity index (χ0n) is 16.4. The summed E-state index contributed by atoms with van der Waals surface area (Å²) in [7, 11) is -3.34. The number of carbonyl (C=O) groups is 1. The number of nitrogens with zero attached hydrogens (tertiary/aromatic N) is 2. The van der Waals surface area contributed by atoms with Crippen LogP contribution in [0.4, 0.5) is 0 Å². The maximum absolute atomic E-state index is 12.7. The van der Waals surface area contributed by atoms with Crippen LogP contribution in [-0.4, -0.2) is 69.3 Å². The molecule has 2 heterocycles. The zero-order chi connectivity index (χ0) is 19.4. The van der Waals surface area contributed by atoms with Crippen LogP contribution in [0.25, 0.3) is 0 Å². The first kappa shape index (κ1) is 20.3. The van der Waals surface area contributed by atoms with E-state index in [1.807, 2.05) is 35.2 Å². The van der Waals surface area contributed by atoms with Crippen molar-refractivity contribution in [3.63, 3.8) is 0 Å². The summed E-state index contributed by atoms with van der Waals surface area (Å²) in [5.41, 5.74) is 0.799. The maximum Gasteiger partial charge on any atom is 0.277 e. The van der Waals surface area contributed by atoms with Crippen molar-refractivity contribution in [3.05, 3.63) is 35.9 Å². The van der Waals surface area contributed by atoms with Crippen molar-refractivity contribution >= 4 is 15.9 Å². The Labute approximate surface area is 163 Å². The van der Waals surface area contributed by atoms with Crippen molar-refractivity contribution in [1.82, 2.24) is 9.21 Å². The largest absolute Gasteiger partial charge is 0.335 e. The fraction of sp³-hybridized carbons (Fsp3) is 0.650. The Morgan fingerprint density at radius 2 is 1.63 bits per heavy atom. The first-order chi connectivity index (χ1) is 12.8. The van der Waals surface area contributed by atoms with Crippen molar-refractivity contribution in [2.75, 3.05) is 45.8 Å². The fourth-order valence-corrected chi connectivity index (χ4v) is 6.00. The molecule has 0 saturated carbocycles. The van der Waals surface area contributed by atoms with Crippen LogP contribution < -0.4 is 4.90 Å². The van der Waals surface area contributed by atoms with Crippen LogP contribution in [0.1, 0.15) is 25.8 Å². The van der Waals surface area contributed by atoms with Gasteiger partial charge in [-0.3, -0.25) is 4.79 Å². The van der Waals surface area contributed by atoms with Gasteiger partial charge in [0, 0.05) is 38.0 Å². The second kappa shape index (κ2) is 8.71. The van der Waals surface area contributed by atoms with Gasteiger partial charge in [-0.25, -0.2) is 8.42 Å². The van der Waals surface area contributed by atoms with Crippen LogP contribution in [0.3, 0.4) is 0 Å². The molecule has 2 fully saturated rings. The molecule has 7 heteroatoms. The third-order valence-electron chi connectivity index (χ3n) is 5.66. The molecule has 3 rings (SSSR count). The third-order valence-corrected chi connectivity index (χ3v) is 7.51. The minimum Gasteiger partial charge on any atom is -0.335 e. The lowest BCUT2D eigenvalue weighted by atomic mass is 9.92. The second-order valence-electron chi connectivity index (χ2n) is 8.30. The molecule has 0 aromatic heterocycles. The molecule has 0 spiro atoms. The number of benzene rings is 1. The number of piperidine rings is 1. The average Bonchev–Trinajstić information content (AvgIpc) is 2.61. The number of hydrogen-bond acceptors (Lipinski definition) is 3. The van der Waals surface area contributed by atoms with E-state index in [9.17, 15) is 13.2 Å². The van der Waals surface area contributed by atoms with Gasteiger partial charge in [-0.05, 0) is 12.0 Å². The Morgan fingerprint density at radius 1 is 1.04 bits per heavy atom. The van der Waals surface area contributed by atoms with Crippen molar-refractivity contribution in [3.8, 4) is 0 Å². The molecule has 2 aliphatic rings. The van der Waals surface area contributed by atoms with Gasteiger partial charge in [0.25, 0.3) is 5.91 Å². The number of likely N-dealkylation sites (tertiary alicyclic amines) is 1. The van der Waals surface area contributed by atoms with Crippen molar-refractivity contribution in [2.45, 2.75) is 26.0 Å². The highest BCUT2D eigenvalue weighted by Crippen LogP contribution is 2.14. The molecule has 2 saturated heterocycles. The lowest BCUT2D eigenvalue weighted by molar-refractivity contribution is -0.904. The van der Waals surface area contributed by atoms with E-state index >= 15 is 0 Å². The molecule has 1 aromatic carbocycles. The topological polar surface area (TPSA) is 62.1 Å². The monoisotopic (exact) mass is 394 g/mol. The number of amides is 1. The summed E-state index contributed by atoms with van der Waals surface area (Å²) in [4.78, 5) is 15.9. The fourth-order valence-electron chi connectivity index (χ4n) is 4.48. The van der Waals surface area contributed by atoms with Gasteiger partial charge in [-0.1, -0.05) is 44.2 Å². The average molecular weight is 395 g/mol. The summed E-state index contributed by atoms with van der Waals surface area (Å²) in [5, 5.41) is 0. The van der Waals surface area contributed by atoms with Crippen LogP contribution >= 0.6 is 0 Å². The molecule has 0 radical (unpaired) electrons. The number of rotatable bonds is 5. The van der Waals surface area contributed by atoms with Gasteiger partial charge < -0.3 is 9.80 Å². The normalized spacial score (nSPS) is 27.5. The van der Waals surface area contributed by atoms with E-state index in [1.165, 1.54) is 15.6 Å². The van der Waals surface area contributed by atoms with Crippen molar-refractivity contribution in [1.29, 1.82) is 0 Å². The molecule has 0 aliphatic carbocycles. The third kappa shape index (κ3) is 5.53. The Bertz CT molecular complexity index is 720. The first-order valence-corrected chi connectivity index (χ1v) is 11.6. The molecule has 150 valence electrons. The van der Waals surface area contributed by atoms with E-state index in [2.05, 4.69) is 13.8 Å². The molecule has 2 aliphatic heterocycles. The number of hydrogen-bond donors (Lipinski definition) is 1. The summed E-state index contributed by atoms with van der Waals surface area (Å²) in [6, 6.07) is 9.26. The van der Waals surface area contributed by atoms with Gasteiger partial charge in [0.2, 0.25) is 10.0 Å². The second-order valence-corrected chi connectivity index (χ2v) is 10.3. The van der Waals surface area contributed by atoms with Gasteiger partial charge in [0.05, 0.1) is 18.8 Å². The molecule has 1 N–H and O–H groups in total. The summed E-state index contributed by atoms with van der Waals surface area (Å²) < 4.78 is 26.8. The number of nitrogens with one attached hydrogen (secondary N) is 1. The predicted molar refractivity (Wildman–Crippen MR) is 106 cm³/mol. The number of piperazine rings is 1. The number of sulfonamides is 1. The van der Waals surface area contributed by atoms with Gasteiger partial charge in [-0.2, -0.15) is 4.31 Å². The van der Waals surface area contributed by atoms with Gasteiger partial charge >= 0.3 is 0 Å². The minimum absolute atomic E-state index is 0.0233. The Hall–Kier alpha value is -1.44. The summed E-state index contributed by atoms with van der Waals surface area (Å²) >= 11 is 0. The number of quaternary nitrogens is 1. The predicted octanol–water partition coefficient (Wildman–Crippen LogP) is 0.221. The van der Waals surface area contributed by atoms with Gasteiger partial charge in [-0.15, -0.1) is 0 Å². The van der Waals surface area contributed by atoms with Crippen molar-refractivity contribution in [2.24, 2.45) is 11.8 Å². The Morgan fingerprint density at radius 3 is 2.22 bits per heavy atom. The maximum atomic E-state index is 12.7. The van der Waals surface area contributed by atoms with Crippen LogP contribution in [-0.2, 0) is 20.6 Å². The van der Waals surface area contributed by atoms with E-state index in [0.717, 1.165) is 18.7 Å². The van der Waals surface area contributed by atoms with E-state index in [0.29, 0.717) is 44.6 Å². The lowest BCUT2D eigenvalue weighted by Crippen LogP contribution is -3.15. The van der Waals surface area contributed by atoms with E-state index in [1.54, 1.807) is 0 Å². The van der Waals surface area contributed by atoms with Gasteiger partial charge in [0.15, 0.2) is 6.54 Å². The Kier molecular flexibility index (Phi) is 6.55. The van der Waals surface area contributed by atoms with Crippen LogP contribution in [0, 0.1) is 11.8 Å². The Balaban J connectivity index is 1.50. The highest BCUT2D eigenvalue weighted by Gasteiger charge is 2.32. The lowest BCUT2D eigenvalue weighted by Gasteiger charge is -2.36. The molecule has 1 aromatic rings. The highest BCUT2D eigenvalue weighted by molar-refractivity contribution is 7.88. The minimum atomic E-state index is -3.34. The van der Waals surface area contributed by atoms with E-state index in [4.69, 9.17) is 0 Å². The van der Waals surface area contributed by atoms with Crippen LogP contribution in [0.15, 0.2) is 30.3 Å². The molecule has 27 heavy (non-hydrogen) atoms. The van der Waals surface area contributed by atoms with Gasteiger partial charge in [0.1, 0.15) is 0 Å². The zero-order valence-corrected chi connectivity index (χ0v) is 17.2. The first-order valence-electron chi connectivity index (χ1n) is 9.96. The number of carbonyl (C=O) groups excluding carboxylic acids is 1. The molecular weight excluding hydrogens is 362 g/mol. The molecule has 0 unspecified atom stereocenters. The highest BCUT2D eigenvalue weighted by atomic mass is 32.2. The van der Waals surface area contributed by atoms with Crippen LogP contribution in [0.2, 0.25) is 0 Å². The summed E-state index contributed by atoms with van der Waals surface area (Å²) in [5.74, 6) is 1.51.